The van der Waals surface area contributed by atoms with Gasteiger partial charge in [0.2, 0.25) is 0 Å². The predicted molar refractivity (Wildman–Crippen MR) is 132 cm³/mol. The lowest BCUT2D eigenvalue weighted by Gasteiger charge is -2.20. The Morgan fingerprint density at radius 2 is 1.97 bits per heavy atom. The molecule has 0 bridgehead atoms. The van der Waals surface area contributed by atoms with E-state index in [4.69, 9.17) is 10.5 Å². The Bertz CT molecular complexity index is 1130. The molecule has 6 heteroatoms. The highest BCUT2D eigenvalue weighted by Crippen LogP contribution is 2.35. The van der Waals surface area contributed by atoms with Crippen molar-refractivity contribution in [3.05, 3.63) is 58.9 Å². The molecule has 1 fully saturated rings. The van der Waals surface area contributed by atoms with E-state index < -0.39 is 0 Å². The first-order valence-corrected chi connectivity index (χ1v) is 11.9. The number of piperidine rings is 1. The zero-order valence-electron chi connectivity index (χ0n) is 18.9. The first kappa shape index (κ1) is 22.3. The van der Waals surface area contributed by atoms with E-state index in [1.165, 1.54) is 5.01 Å². The van der Waals surface area contributed by atoms with Crippen LogP contribution in [-0.2, 0) is 6.61 Å². The van der Waals surface area contributed by atoms with E-state index in [-0.39, 0.29) is 5.41 Å². The molecule has 1 aliphatic heterocycles. The molecule has 2 aromatic heterocycles. The molecule has 0 unspecified atom stereocenters. The molecule has 166 valence electrons. The monoisotopic (exact) mass is 446 g/mol. The molecule has 0 amide bonds. The van der Waals surface area contributed by atoms with Gasteiger partial charge in [0.05, 0.1) is 9.88 Å². The first-order valence-electron chi connectivity index (χ1n) is 11.0. The quantitative estimate of drug-likeness (QED) is 0.525. The van der Waals surface area contributed by atoms with Crippen molar-refractivity contribution in [2.75, 3.05) is 18.8 Å². The molecule has 0 spiro atoms. The van der Waals surface area contributed by atoms with Crippen molar-refractivity contribution in [1.82, 2.24) is 15.3 Å². The molecule has 1 aliphatic rings. The van der Waals surface area contributed by atoms with Gasteiger partial charge in [-0.25, -0.2) is 9.97 Å². The fourth-order valence-electron chi connectivity index (χ4n) is 3.54. The maximum Gasteiger partial charge on any atom is 0.166 e. The number of aromatic nitrogens is 2. The standard InChI is InChI=1S/C26H30N4OS/c1-26(2,3)10-7-18-5-4-6-19(13-18)17-31-22-14-21(15-29-24(22)27)23-16-30-25(32-23)20-8-11-28-12-9-20/h4-6,13-16,20,28H,8-9,11-12,17H2,1-3H3,(H2,27,29). The molecule has 0 aliphatic carbocycles. The van der Waals surface area contributed by atoms with Crippen LogP contribution in [-0.4, -0.2) is 23.1 Å². The summed E-state index contributed by atoms with van der Waals surface area (Å²) in [5.74, 6) is 8.03. The number of nitrogen functional groups attached to an aromatic ring is 1. The lowest BCUT2D eigenvalue weighted by Crippen LogP contribution is -2.26. The molecule has 3 aromatic rings. The van der Waals surface area contributed by atoms with Crippen LogP contribution < -0.4 is 15.8 Å². The number of pyridine rings is 1. The highest BCUT2D eigenvalue weighted by molar-refractivity contribution is 7.15. The normalized spacial score (nSPS) is 14.6. The Morgan fingerprint density at radius 1 is 1.16 bits per heavy atom. The van der Waals surface area contributed by atoms with Crippen LogP contribution in [0.1, 0.15) is 55.7 Å². The first-order chi connectivity index (χ1) is 15.4. The molecule has 3 heterocycles. The second-order valence-corrected chi connectivity index (χ2v) is 10.2. The average Bonchev–Trinajstić information content (AvgIpc) is 3.28. The Kier molecular flexibility index (Phi) is 6.78. The molecule has 3 N–H and O–H groups in total. The second kappa shape index (κ2) is 9.72. The van der Waals surface area contributed by atoms with Gasteiger partial charge in [0, 0.05) is 34.9 Å². The Labute approximate surface area is 194 Å². The number of hydrogen-bond donors (Lipinski definition) is 2. The van der Waals surface area contributed by atoms with Crippen LogP contribution in [0.5, 0.6) is 5.75 Å². The smallest absolute Gasteiger partial charge is 0.166 e. The third-order valence-electron chi connectivity index (χ3n) is 5.28. The van der Waals surface area contributed by atoms with Crippen LogP contribution in [0.15, 0.2) is 42.7 Å². The molecular formula is C26H30N4OS. The van der Waals surface area contributed by atoms with Crippen LogP contribution in [0, 0.1) is 17.3 Å². The number of anilines is 1. The van der Waals surface area contributed by atoms with Crippen molar-refractivity contribution in [2.24, 2.45) is 5.41 Å². The number of nitrogens with one attached hydrogen (secondary N) is 1. The molecule has 1 aromatic carbocycles. The van der Waals surface area contributed by atoms with Crippen molar-refractivity contribution >= 4 is 17.2 Å². The largest absolute Gasteiger partial charge is 0.485 e. The lowest BCUT2D eigenvalue weighted by atomic mass is 9.97. The van der Waals surface area contributed by atoms with Crippen LogP contribution in [0.2, 0.25) is 0 Å². The summed E-state index contributed by atoms with van der Waals surface area (Å²) in [5.41, 5.74) is 9.08. The summed E-state index contributed by atoms with van der Waals surface area (Å²) in [6, 6.07) is 10.1. The van der Waals surface area contributed by atoms with Gasteiger partial charge in [-0.2, -0.15) is 0 Å². The van der Waals surface area contributed by atoms with Gasteiger partial charge in [-0.1, -0.05) is 24.0 Å². The van der Waals surface area contributed by atoms with Gasteiger partial charge in [-0.05, 0) is 70.5 Å². The number of ether oxygens (including phenoxy) is 1. The summed E-state index contributed by atoms with van der Waals surface area (Å²) in [4.78, 5) is 10.1. The van der Waals surface area contributed by atoms with Crippen LogP contribution in [0.4, 0.5) is 5.82 Å². The third kappa shape index (κ3) is 5.87. The summed E-state index contributed by atoms with van der Waals surface area (Å²) >= 11 is 1.74. The van der Waals surface area contributed by atoms with Gasteiger partial charge in [0.25, 0.3) is 0 Å². The van der Waals surface area contributed by atoms with Gasteiger partial charge >= 0.3 is 0 Å². The zero-order chi connectivity index (χ0) is 22.6. The van der Waals surface area contributed by atoms with E-state index >= 15 is 0 Å². The van der Waals surface area contributed by atoms with Crippen LogP contribution in [0.3, 0.4) is 0 Å². The van der Waals surface area contributed by atoms with Gasteiger partial charge < -0.3 is 15.8 Å². The molecule has 0 saturated carbocycles. The summed E-state index contributed by atoms with van der Waals surface area (Å²) in [6.45, 7) is 8.84. The molecule has 32 heavy (non-hydrogen) atoms. The number of hydrogen-bond acceptors (Lipinski definition) is 6. The molecule has 4 rings (SSSR count). The summed E-state index contributed by atoms with van der Waals surface area (Å²) in [5, 5.41) is 4.61. The maximum atomic E-state index is 6.10. The second-order valence-electron chi connectivity index (χ2n) is 9.18. The van der Waals surface area contributed by atoms with Crippen molar-refractivity contribution < 1.29 is 4.74 Å². The molecule has 0 atom stereocenters. The molecule has 1 saturated heterocycles. The Hall–Kier alpha value is -2.88. The fraction of sp³-hybridized carbons (Fsp3) is 0.385. The average molecular weight is 447 g/mol. The fourth-order valence-corrected chi connectivity index (χ4v) is 4.61. The minimum absolute atomic E-state index is 0.0303. The molecular weight excluding hydrogens is 416 g/mol. The Balaban J connectivity index is 1.47. The van der Waals surface area contributed by atoms with E-state index in [0.717, 1.165) is 47.5 Å². The van der Waals surface area contributed by atoms with E-state index in [2.05, 4.69) is 54.0 Å². The van der Waals surface area contributed by atoms with Crippen molar-refractivity contribution in [1.29, 1.82) is 0 Å². The van der Waals surface area contributed by atoms with Gasteiger partial charge in [-0.15, -0.1) is 11.3 Å². The van der Waals surface area contributed by atoms with E-state index in [0.29, 0.717) is 24.1 Å². The molecule has 0 radical (unpaired) electrons. The van der Waals surface area contributed by atoms with E-state index in [9.17, 15) is 0 Å². The van der Waals surface area contributed by atoms with Gasteiger partial charge in [-0.3, -0.25) is 0 Å². The Morgan fingerprint density at radius 3 is 2.75 bits per heavy atom. The lowest BCUT2D eigenvalue weighted by molar-refractivity contribution is 0.307. The predicted octanol–water partition coefficient (Wildman–Crippen LogP) is 5.23. The van der Waals surface area contributed by atoms with Crippen molar-refractivity contribution in [3.8, 4) is 28.0 Å². The van der Waals surface area contributed by atoms with Crippen LogP contribution >= 0.6 is 11.3 Å². The minimum Gasteiger partial charge on any atom is -0.485 e. The highest BCUT2D eigenvalue weighted by Gasteiger charge is 2.19. The third-order valence-corrected chi connectivity index (χ3v) is 6.49. The van der Waals surface area contributed by atoms with Crippen molar-refractivity contribution in [3.63, 3.8) is 0 Å². The van der Waals surface area contributed by atoms with E-state index in [1.807, 2.05) is 30.5 Å². The highest BCUT2D eigenvalue weighted by atomic mass is 32.1. The van der Waals surface area contributed by atoms with Crippen molar-refractivity contribution in [2.45, 2.75) is 46.1 Å². The summed E-state index contributed by atoms with van der Waals surface area (Å²) < 4.78 is 6.05. The number of nitrogens with zero attached hydrogens (tertiary/aromatic N) is 2. The van der Waals surface area contributed by atoms with Gasteiger partial charge in [0.15, 0.2) is 11.6 Å². The number of thiazole rings is 1. The SMILES string of the molecule is CC(C)(C)C#Cc1cccc(COc2cc(-c3cnc(C4CCNCC4)s3)cnc2N)c1. The molecule has 5 nitrogen and oxygen atoms in total. The van der Waals surface area contributed by atoms with E-state index in [1.54, 1.807) is 17.5 Å². The summed E-state index contributed by atoms with van der Waals surface area (Å²) in [6.07, 6.45) is 6.02. The minimum atomic E-state index is -0.0303. The van der Waals surface area contributed by atoms with Gasteiger partial charge in [0.1, 0.15) is 6.61 Å². The van der Waals surface area contributed by atoms with Crippen LogP contribution in [0.25, 0.3) is 10.4 Å². The topological polar surface area (TPSA) is 73.1 Å². The number of nitrogens with two attached hydrogens (primary N) is 1. The zero-order valence-corrected chi connectivity index (χ0v) is 19.8. The summed E-state index contributed by atoms with van der Waals surface area (Å²) in [7, 11) is 0. The maximum absolute atomic E-state index is 6.10. The number of rotatable bonds is 5. The number of benzene rings is 1.